The first-order chi connectivity index (χ1) is 25.7. The Morgan fingerprint density at radius 2 is 1.32 bits per heavy atom. The van der Waals surface area contributed by atoms with Gasteiger partial charge in [-0.2, -0.15) is 0 Å². The Hall–Kier alpha value is -1.05. The van der Waals surface area contributed by atoms with E-state index in [4.69, 9.17) is 4.74 Å². The zero-order chi connectivity index (χ0) is 37.9. The van der Waals surface area contributed by atoms with Crippen molar-refractivity contribution < 1.29 is 9.53 Å². The zero-order valence-corrected chi connectivity index (χ0v) is 36.5. The molecule has 0 saturated heterocycles. The second-order valence-electron chi connectivity index (χ2n) is 20.1. The van der Waals surface area contributed by atoms with Gasteiger partial charge in [-0.3, -0.25) is 4.79 Å². The first-order valence-electron chi connectivity index (χ1n) is 24.2. The number of hydrogen-bond donors (Lipinski definition) is 0. The fraction of sp³-hybridized carbons (Fsp3) is 0.902. The minimum Gasteiger partial charge on any atom is -0.462 e. The van der Waals surface area contributed by atoms with E-state index in [0.29, 0.717) is 17.3 Å². The molecule has 0 aliphatic heterocycles. The summed E-state index contributed by atoms with van der Waals surface area (Å²) in [5.41, 5.74) is 2.53. The summed E-state index contributed by atoms with van der Waals surface area (Å²) in [6.07, 6.45) is 48.3. The lowest BCUT2D eigenvalue weighted by Gasteiger charge is -2.58. The van der Waals surface area contributed by atoms with Crippen LogP contribution in [0.25, 0.3) is 0 Å². The van der Waals surface area contributed by atoms with Crippen LogP contribution in [0.1, 0.15) is 241 Å². The van der Waals surface area contributed by atoms with Crippen LogP contribution in [0.5, 0.6) is 0 Å². The monoisotopic (exact) mass is 735 g/mol. The lowest BCUT2D eigenvalue weighted by molar-refractivity contribution is -0.151. The maximum atomic E-state index is 12.9. The van der Waals surface area contributed by atoms with Crippen molar-refractivity contribution in [2.24, 2.45) is 46.3 Å². The van der Waals surface area contributed by atoms with Crippen molar-refractivity contribution in [3.63, 3.8) is 0 Å². The summed E-state index contributed by atoms with van der Waals surface area (Å²) in [6.45, 7) is 15.0. The molecule has 4 aliphatic carbocycles. The summed E-state index contributed by atoms with van der Waals surface area (Å²) < 4.78 is 6.15. The molecule has 4 aliphatic rings. The molecule has 0 aromatic rings. The molecule has 2 nitrogen and oxygen atoms in total. The summed E-state index contributed by atoms with van der Waals surface area (Å²) in [6, 6.07) is 0. The predicted molar refractivity (Wildman–Crippen MR) is 230 cm³/mol. The number of esters is 1. The second kappa shape index (κ2) is 23.9. The van der Waals surface area contributed by atoms with E-state index in [1.54, 1.807) is 5.57 Å². The molecule has 306 valence electrons. The third kappa shape index (κ3) is 13.8. The standard InChI is InChI=1S/C51H90O2/c1-7-8-9-10-11-12-13-14-15-16-17-18-19-20-21-22-23-24-25-26-27-31-49(52)53-44-36-38-50(5)43(40-44)32-33-45-47-35-34-46(42(4)30-28-29-41(2)3)51(47,6)39-37-48(45)50/h14-15,32,41-42,44-48H,7-13,16-31,33-40H2,1-6H3/b15-14+/t42-,44?,45?,46-,47?,48?,50+,51-/m1/s1. The van der Waals surface area contributed by atoms with Crippen molar-refractivity contribution in [3.05, 3.63) is 23.8 Å². The number of hydrogen-bond acceptors (Lipinski definition) is 2. The molecular weight excluding hydrogens is 645 g/mol. The van der Waals surface area contributed by atoms with Gasteiger partial charge in [0, 0.05) is 12.8 Å². The molecule has 53 heavy (non-hydrogen) atoms. The first-order valence-corrected chi connectivity index (χ1v) is 24.2. The summed E-state index contributed by atoms with van der Waals surface area (Å²) in [5, 5.41) is 0. The van der Waals surface area contributed by atoms with Crippen molar-refractivity contribution >= 4 is 5.97 Å². The highest BCUT2D eigenvalue weighted by atomic mass is 16.5. The lowest BCUT2D eigenvalue weighted by Crippen LogP contribution is -2.51. The number of rotatable bonds is 27. The van der Waals surface area contributed by atoms with Crippen LogP contribution in [0.3, 0.4) is 0 Å². The van der Waals surface area contributed by atoms with E-state index in [-0.39, 0.29) is 12.1 Å². The fourth-order valence-electron chi connectivity index (χ4n) is 12.4. The average molecular weight is 735 g/mol. The van der Waals surface area contributed by atoms with Gasteiger partial charge in [-0.05, 0) is 123 Å². The van der Waals surface area contributed by atoms with Crippen LogP contribution in [-0.2, 0) is 9.53 Å². The van der Waals surface area contributed by atoms with E-state index in [1.165, 1.54) is 173 Å². The van der Waals surface area contributed by atoms with Gasteiger partial charge in [-0.15, -0.1) is 0 Å². The minimum atomic E-state index is 0.0640. The summed E-state index contributed by atoms with van der Waals surface area (Å²) >= 11 is 0. The predicted octanol–water partition coefficient (Wildman–Crippen LogP) is 16.3. The summed E-state index contributed by atoms with van der Waals surface area (Å²) in [7, 11) is 0. The SMILES string of the molecule is CCCCCCCC/C=C/CCCCCCCCCCCCCC(=O)OC1CC[C@@]2(C)C(=CCC3C2CC[C@@]2(C)C3CC[C@@H]2[C@H](C)CCCC(C)C)C1. The molecule has 0 radical (unpaired) electrons. The lowest BCUT2D eigenvalue weighted by atomic mass is 9.47. The van der Waals surface area contributed by atoms with Gasteiger partial charge in [0.15, 0.2) is 0 Å². The molecule has 3 fully saturated rings. The number of unbranched alkanes of at least 4 members (excludes halogenated alkanes) is 17. The summed E-state index contributed by atoms with van der Waals surface area (Å²) in [4.78, 5) is 12.9. The maximum absolute atomic E-state index is 12.9. The zero-order valence-electron chi connectivity index (χ0n) is 36.5. The van der Waals surface area contributed by atoms with E-state index in [0.717, 1.165) is 54.8 Å². The number of ether oxygens (including phenoxy) is 1. The molecule has 0 aromatic heterocycles. The Morgan fingerprint density at radius 1 is 0.717 bits per heavy atom. The highest BCUT2D eigenvalue weighted by molar-refractivity contribution is 5.69. The van der Waals surface area contributed by atoms with E-state index < -0.39 is 0 Å². The largest absolute Gasteiger partial charge is 0.462 e. The molecule has 0 aromatic carbocycles. The topological polar surface area (TPSA) is 26.3 Å². The van der Waals surface area contributed by atoms with Crippen LogP contribution in [0, 0.1) is 46.3 Å². The average Bonchev–Trinajstić information content (AvgIpc) is 3.49. The Morgan fingerprint density at radius 3 is 1.94 bits per heavy atom. The van der Waals surface area contributed by atoms with Gasteiger partial charge >= 0.3 is 5.97 Å². The molecular formula is C51H90O2. The molecule has 8 atom stereocenters. The van der Waals surface area contributed by atoms with Gasteiger partial charge in [-0.25, -0.2) is 0 Å². The second-order valence-corrected chi connectivity index (χ2v) is 20.1. The number of allylic oxidation sites excluding steroid dienone is 3. The number of carbonyl (C=O) groups excluding carboxylic acids is 1. The van der Waals surface area contributed by atoms with Crippen molar-refractivity contribution in [3.8, 4) is 0 Å². The van der Waals surface area contributed by atoms with Gasteiger partial charge < -0.3 is 4.74 Å². The fourth-order valence-corrected chi connectivity index (χ4v) is 12.4. The van der Waals surface area contributed by atoms with Gasteiger partial charge in [0.25, 0.3) is 0 Å². The molecule has 3 saturated carbocycles. The Kier molecular flexibility index (Phi) is 20.1. The van der Waals surface area contributed by atoms with Gasteiger partial charge in [0.1, 0.15) is 6.10 Å². The first kappa shape index (κ1) is 44.7. The molecule has 0 heterocycles. The van der Waals surface area contributed by atoms with Crippen molar-refractivity contribution in [2.45, 2.75) is 247 Å². The minimum absolute atomic E-state index is 0.0640. The van der Waals surface area contributed by atoms with Crippen LogP contribution in [0.4, 0.5) is 0 Å². The van der Waals surface area contributed by atoms with Crippen LogP contribution in [-0.4, -0.2) is 12.1 Å². The van der Waals surface area contributed by atoms with Gasteiger partial charge in [0.05, 0.1) is 0 Å². The van der Waals surface area contributed by atoms with E-state index in [1.807, 2.05) is 0 Å². The third-order valence-electron chi connectivity index (χ3n) is 15.7. The van der Waals surface area contributed by atoms with Gasteiger partial charge in [-0.1, -0.05) is 174 Å². The molecule has 4 unspecified atom stereocenters. The number of carbonyl (C=O) groups is 1. The van der Waals surface area contributed by atoms with Crippen LogP contribution in [0.15, 0.2) is 23.8 Å². The number of fused-ring (bicyclic) bond motifs is 5. The Balaban J connectivity index is 1.01. The molecule has 0 spiro atoms. The Labute approximate surface area is 331 Å². The molecule has 4 rings (SSSR count). The van der Waals surface area contributed by atoms with Crippen molar-refractivity contribution in [2.75, 3.05) is 0 Å². The van der Waals surface area contributed by atoms with Crippen molar-refractivity contribution in [1.29, 1.82) is 0 Å². The van der Waals surface area contributed by atoms with E-state index in [2.05, 4.69) is 59.8 Å². The van der Waals surface area contributed by atoms with Gasteiger partial charge in [0.2, 0.25) is 0 Å². The highest BCUT2D eigenvalue weighted by Gasteiger charge is 2.59. The van der Waals surface area contributed by atoms with E-state index >= 15 is 0 Å². The molecule has 2 heteroatoms. The van der Waals surface area contributed by atoms with Crippen LogP contribution >= 0.6 is 0 Å². The smallest absolute Gasteiger partial charge is 0.306 e. The summed E-state index contributed by atoms with van der Waals surface area (Å²) in [5.74, 6) is 5.33. The molecule has 0 N–H and O–H groups in total. The van der Waals surface area contributed by atoms with Crippen molar-refractivity contribution in [1.82, 2.24) is 0 Å². The molecule has 0 bridgehead atoms. The van der Waals surface area contributed by atoms with E-state index in [9.17, 15) is 4.79 Å². The Bertz CT molecular complexity index is 1070. The quantitative estimate of drug-likeness (QED) is 0.0477. The van der Waals surface area contributed by atoms with Crippen LogP contribution in [0.2, 0.25) is 0 Å². The maximum Gasteiger partial charge on any atom is 0.306 e. The van der Waals surface area contributed by atoms with Crippen LogP contribution < -0.4 is 0 Å². The normalized spacial score (nSPS) is 30.2. The molecule has 0 amide bonds. The third-order valence-corrected chi connectivity index (χ3v) is 15.7. The highest BCUT2D eigenvalue weighted by Crippen LogP contribution is 2.67.